The van der Waals surface area contributed by atoms with Crippen LogP contribution in [0.4, 0.5) is 0 Å². The van der Waals surface area contributed by atoms with E-state index in [0.29, 0.717) is 17.9 Å². The number of methoxy groups -OCH3 is 1. The lowest BCUT2D eigenvalue weighted by Crippen LogP contribution is -2.03. The van der Waals surface area contributed by atoms with Crippen LogP contribution >= 0.6 is 0 Å². The largest absolute Gasteiger partial charge is 0.493 e. The number of esters is 1. The fourth-order valence-electron chi connectivity index (χ4n) is 1.89. The summed E-state index contributed by atoms with van der Waals surface area (Å²) in [5.41, 5.74) is 3.28. The summed E-state index contributed by atoms with van der Waals surface area (Å²) in [5.74, 6) is 0.270. The summed E-state index contributed by atoms with van der Waals surface area (Å²) >= 11 is 0. The minimum absolute atomic E-state index is 0.378. The molecule has 2 aromatic rings. The van der Waals surface area contributed by atoms with Crippen LogP contribution in [0.25, 0.3) is 11.1 Å². The molecule has 0 aliphatic rings. The van der Waals surface area contributed by atoms with Crippen molar-refractivity contribution >= 4 is 5.97 Å². The quantitative estimate of drug-likeness (QED) is 0.858. The van der Waals surface area contributed by atoms with Gasteiger partial charge >= 0.3 is 5.97 Å². The van der Waals surface area contributed by atoms with Gasteiger partial charge in [0.15, 0.2) is 0 Å². The highest BCUT2D eigenvalue weighted by Gasteiger charge is 2.14. The number of aromatic amines is 1. The normalized spacial score (nSPS) is 10.3. The van der Waals surface area contributed by atoms with Crippen molar-refractivity contribution in [2.75, 3.05) is 13.7 Å². The molecule has 0 radical (unpaired) electrons. The predicted molar refractivity (Wildman–Crippen MR) is 71.3 cm³/mol. The second-order valence-electron chi connectivity index (χ2n) is 4.04. The van der Waals surface area contributed by atoms with Gasteiger partial charge in [-0.3, -0.25) is 5.10 Å². The molecule has 100 valence electrons. The molecule has 1 heterocycles. The number of aromatic nitrogens is 2. The molecule has 0 aliphatic carbocycles. The number of nitrogens with zero attached hydrogens (tertiary/aromatic N) is 1. The third-order valence-electron chi connectivity index (χ3n) is 2.82. The highest BCUT2D eigenvalue weighted by Crippen LogP contribution is 2.32. The van der Waals surface area contributed by atoms with Crippen LogP contribution in [-0.4, -0.2) is 29.9 Å². The fraction of sp³-hybridized carbons (Fsp3) is 0.286. The van der Waals surface area contributed by atoms with Crippen molar-refractivity contribution in [2.24, 2.45) is 0 Å². The number of carbonyl (C=O) groups excluding carboxylic acids is 1. The predicted octanol–water partition coefficient (Wildman–Crippen LogP) is 2.57. The Bertz CT molecular complexity index is 590. The second kappa shape index (κ2) is 5.56. The van der Waals surface area contributed by atoms with Gasteiger partial charge in [-0.1, -0.05) is 0 Å². The van der Waals surface area contributed by atoms with Crippen LogP contribution in [0.2, 0.25) is 0 Å². The topological polar surface area (TPSA) is 64.2 Å². The zero-order valence-corrected chi connectivity index (χ0v) is 11.2. The van der Waals surface area contributed by atoms with E-state index in [-0.39, 0.29) is 5.97 Å². The van der Waals surface area contributed by atoms with Crippen molar-refractivity contribution < 1.29 is 14.3 Å². The van der Waals surface area contributed by atoms with Crippen molar-refractivity contribution in [1.82, 2.24) is 10.2 Å². The molecule has 2 rings (SSSR count). The first-order valence-corrected chi connectivity index (χ1v) is 6.02. The lowest BCUT2D eigenvalue weighted by molar-refractivity contribution is 0.0600. The van der Waals surface area contributed by atoms with E-state index in [1.807, 2.05) is 19.9 Å². The third kappa shape index (κ3) is 2.59. The van der Waals surface area contributed by atoms with Crippen LogP contribution in [0.3, 0.4) is 0 Å². The number of H-pyrrole nitrogens is 1. The van der Waals surface area contributed by atoms with E-state index >= 15 is 0 Å². The molecule has 0 saturated heterocycles. The van der Waals surface area contributed by atoms with Gasteiger partial charge in [-0.15, -0.1) is 0 Å². The molecule has 0 amide bonds. The van der Waals surface area contributed by atoms with Crippen LogP contribution < -0.4 is 4.74 Å². The first-order valence-electron chi connectivity index (χ1n) is 6.02. The number of aryl methyl sites for hydroxylation is 1. The molecule has 1 N–H and O–H groups in total. The van der Waals surface area contributed by atoms with E-state index in [9.17, 15) is 4.79 Å². The van der Waals surface area contributed by atoms with Crippen LogP contribution in [0.15, 0.2) is 24.4 Å². The minimum atomic E-state index is -0.378. The van der Waals surface area contributed by atoms with Gasteiger partial charge in [0.25, 0.3) is 0 Å². The summed E-state index contributed by atoms with van der Waals surface area (Å²) in [4.78, 5) is 11.5. The molecule has 1 aromatic carbocycles. The van der Waals surface area contributed by atoms with Crippen LogP contribution in [0.1, 0.15) is 23.0 Å². The van der Waals surface area contributed by atoms with Crippen LogP contribution in [-0.2, 0) is 4.74 Å². The summed E-state index contributed by atoms with van der Waals surface area (Å²) in [6, 6.07) is 5.25. The molecular formula is C14H16N2O3. The van der Waals surface area contributed by atoms with Gasteiger partial charge in [0.2, 0.25) is 0 Å². The number of ether oxygens (including phenoxy) is 2. The molecule has 19 heavy (non-hydrogen) atoms. The first-order chi connectivity index (χ1) is 9.17. The molecule has 0 atom stereocenters. The number of rotatable bonds is 4. The van der Waals surface area contributed by atoms with Crippen molar-refractivity contribution in [1.29, 1.82) is 0 Å². The Labute approximate surface area is 111 Å². The van der Waals surface area contributed by atoms with Crippen LogP contribution in [0.5, 0.6) is 5.75 Å². The third-order valence-corrected chi connectivity index (χ3v) is 2.82. The number of hydrogen-bond donors (Lipinski definition) is 1. The van der Waals surface area contributed by atoms with Gasteiger partial charge in [-0.2, -0.15) is 5.10 Å². The SMILES string of the molecule is CCOc1cc(C(=O)OC)ccc1-c1cn[nH]c1C. The number of carbonyl (C=O) groups is 1. The molecule has 0 bridgehead atoms. The maximum atomic E-state index is 11.5. The Kier molecular flexibility index (Phi) is 3.85. The van der Waals surface area contributed by atoms with Crippen molar-refractivity contribution in [2.45, 2.75) is 13.8 Å². The number of benzene rings is 1. The highest BCUT2D eigenvalue weighted by atomic mass is 16.5. The molecule has 0 unspecified atom stereocenters. The van der Waals surface area contributed by atoms with Gasteiger partial charge in [0.1, 0.15) is 5.75 Å². The minimum Gasteiger partial charge on any atom is -0.493 e. The molecule has 5 nitrogen and oxygen atoms in total. The Morgan fingerprint density at radius 1 is 1.37 bits per heavy atom. The van der Waals surface area contributed by atoms with E-state index in [2.05, 4.69) is 10.2 Å². The number of hydrogen-bond acceptors (Lipinski definition) is 4. The molecule has 0 aliphatic heterocycles. The molecule has 5 heteroatoms. The van der Waals surface area contributed by atoms with E-state index in [0.717, 1.165) is 16.8 Å². The summed E-state index contributed by atoms with van der Waals surface area (Å²) in [7, 11) is 1.36. The smallest absolute Gasteiger partial charge is 0.337 e. The molecule has 1 aromatic heterocycles. The maximum absolute atomic E-state index is 11.5. The summed E-state index contributed by atoms with van der Waals surface area (Å²) in [5, 5.41) is 6.89. The van der Waals surface area contributed by atoms with Gasteiger partial charge in [0.05, 0.1) is 25.5 Å². The van der Waals surface area contributed by atoms with Crippen molar-refractivity contribution in [3.05, 3.63) is 35.7 Å². The van der Waals surface area contributed by atoms with Crippen molar-refractivity contribution in [3.63, 3.8) is 0 Å². The lowest BCUT2D eigenvalue weighted by Gasteiger charge is -2.11. The van der Waals surface area contributed by atoms with Gasteiger partial charge in [0, 0.05) is 16.8 Å². The monoisotopic (exact) mass is 260 g/mol. The standard InChI is InChI=1S/C14H16N2O3/c1-4-19-13-7-10(14(17)18-3)5-6-11(13)12-8-15-16-9(12)2/h5-8H,4H2,1-3H3,(H,15,16). The summed E-state index contributed by atoms with van der Waals surface area (Å²) < 4.78 is 10.3. The zero-order valence-electron chi connectivity index (χ0n) is 11.2. The van der Waals surface area contributed by atoms with E-state index in [4.69, 9.17) is 9.47 Å². The first kappa shape index (κ1) is 13.1. The van der Waals surface area contributed by atoms with Crippen molar-refractivity contribution in [3.8, 4) is 16.9 Å². The zero-order chi connectivity index (χ0) is 13.8. The molecule has 0 saturated carbocycles. The molecule has 0 spiro atoms. The number of nitrogens with one attached hydrogen (secondary N) is 1. The lowest BCUT2D eigenvalue weighted by atomic mass is 10.0. The Hall–Kier alpha value is -2.30. The van der Waals surface area contributed by atoms with E-state index in [1.165, 1.54) is 7.11 Å². The van der Waals surface area contributed by atoms with Crippen LogP contribution in [0, 0.1) is 6.92 Å². The highest BCUT2D eigenvalue weighted by molar-refractivity contribution is 5.91. The fourth-order valence-corrected chi connectivity index (χ4v) is 1.89. The maximum Gasteiger partial charge on any atom is 0.337 e. The Morgan fingerprint density at radius 3 is 2.74 bits per heavy atom. The Balaban J connectivity index is 2.50. The van der Waals surface area contributed by atoms with Gasteiger partial charge < -0.3 is 9.47 Å². The van der Waals surface area contributed by atoms with Gasteiger partial charge in [-0.25, -0.2) is 4.79 Å². The van der Waals surface area contributed by atoms with E-state index in [1.54, 1.807) is 18.3 Å². The average Bonchev–Trinajstić information content (AvgIpc) is 2.84. The summed E-state index contributed by atoms with van der Waals surface area (Å²) in [6.45, 7) is 4.36. The average molecular weight is 260 g/mol. The molecular weight excluding hydrogens is 244 g/mol. The van der Waals surface area contributed by atoms with E-state index < -0.39 is 0 Å². The molecule has 0 fully saturated rings. The Morgan fingerprint density at radius 2 is 2.16 bits per heavy atom. The summed E-state index contributed by atoms with van der Waals surface area (Å²) in [6.07, 6.45) is 1.74. The second-order valence-corrected chi connectivity index (χ2v) is 4.04. The van der Waals surface area contributed by atoms with Gasteiger partial charge in [-0.05, 0) is 32.0 Å².